The first-order valence-electron chi connectivity index (χ1n) is 5.72. The molecule has 0 unspecified atom stereocenters. The zero-order valence-corrected chi connectivity index (χ0v) is 11.3. The molecule has 18 heavy (non-hydrogen) atoms. The van der Waals surface area contributed by atoms with Crippen molar-refractivity contribution in [1.82, 2.24) is 4.98 Å². The second-order valence-electron chi connectivity index (χ2n) is 3.70. The maximum Gasteiger partial charge on any atom is 0.133 e. The number of ether oxygens (including phenoxy) is 1. The van der Waals surface area contributed by atoms with Crippen LogP contribution in [-0.4, -0.2) is 18.3 Å². The molecule has 1 heterocycles. The highest BCUT2D eigenvalue weighted by molar-refractivity contribution is 7.98. The Balaban J connectivity index is 2.11. The number of aromatic nitrogens is 1. The third kappa shape index (κ3) is 2.96. The van der Waals surface area contributed by atoms with Gasteiger partial charge in [-0.3, -0.25) is 0 Å². The maximum atomic E-state index is 5.86. The average Bonchev–Trinajstić information content (AvgIpc) is 2.45. The second kappa shape index (κ2) is 6.31. The van der Waals surface area contributed by atoms with Gasteiger partial charge in [-0.05, 0) is 24.5 Å². The van der Waals surface area contributed by atoms with E-state index in [1.54, 1.807) is 18.0 Å². The summed E-state index contributed by atoms with van der Waals surface area (Å²) in [6.45, 7) is 0.515. The van der Waals surface area contributed by atoms with Gasteiger partial charge in [0, 0.05) is 23.7 Å². The van der Waals surface area contributed by atoms with Crippen LogP contribution >= 0.6 is 11.8 Å². The number of anilines is 1. The fourth-order valence-corrected chi connectivity index (χ4v) is 2.22. The van der Waals surface area contributed by atoms with E-state index in [0.717, 1.165) is 22.0 Å². The quantitative estimate of drug-likeness (QED) is 0.835. The highest BCUT2D eigenvalue weighted by atomic mass is 32.2. The van der Waals surface area contributed by atoms with Gasteiger partial charge < -0.3 is 10.1 Å². The molecule has 0 aliphatic carbocycles. The minimum absolute atomic E-state index is 0.515. The molecule has 0 aliphatic heterocycles. The second-order valence-corrected chi connectivity index (χ2v) is 4.55. The van der Waals surface area contributed by atoms with E-state index in [1.807, 2.05) is 43.6 Å². The number of rotatable bonds is 5. The topological polar surface area (TPSA) is 34.2 Å². The van der Waals surface area contributed by atoms with Gasteiger partial charge in [-0.1, -0.05) is 18.2 Å². The lowest BCUT2D eigenvalue weighted by Crippen LogP contribution is -2.02. The number of nitrogens with one attached hydrogen (secondary N) is 1. The molecule has 0 saturated heterocycles. The molecule has 0 spiro atoms. The molecule has 1 aromatic heterocycles. The fraction of sp³-hybridized carbons (Fsp3) is 0.214. The molecule has 0 fully saturated rings. The van der Waals surface area contributed by atoms with Crippen LogP contribution in [0.2, 0.25) is 0 Å². The molecule has 1 aromatic carbocycles. The van der Waals surface area contributed by atoms with Gasteiger partial charge in [-0.25, -0.2) is 4.98 Å². The van der Waals surface area contributed by atoms with E-state index in [9.17, 15) is 0 Å². The summed E-state index contributed by atoms with van der Waals surface area (Å²) >= 11 is 1.68. The number of hydrogen-bond donors (Lipinski definition) is 1. The SMILES string of the molecule is CNc1ncccc1COc1ccccc1SC. The van der Waals surface area contributed by atoms with E-state index in [1.165, 1.54) is 0 Å². The largest absolute Gasteiger partial charge is 0.488 e. The molecule has 0 saturated carbocycles. The number of nitrogens with zero attached hydrogens (tertiary/aromatic N) is 1. The van der Waals surface area contributed by atoms with Crippen LogP contribution in [-0.2, 0) is 6.61 Å². The Morgan fingerprint density at radius 1 is 1.22 bits per heavy atom. The Morgan fingerprint density at radius 2 is 2.06 bits per heavy atom. The van der Waals surface area contributed by atoms with Crippen molar-refractivity contribution < 1.29 is 4.74 Å². The van der Waals surface area contributed by atoms with E-state index in [0.29, 0.717) is 6.61 Å². The first-order valence-corrected chi connectivity index (χ1v) is 6.95. The summed E-state index contributed by atoms with van der Waals surface area (Å²) < 4.78 is 5.86. The van der Waals surface area contributed by atoms with Crippen LogP contribution in [0.5, 0.6) is 5.75 Å². The van der Waals surface area contributed by atoms with Crippen LogP contribution in [0.4, 0.5) is 5.82 Å². The van der Waals surface area contributed by atoms with Crippen molar-refractivity contribution in [3.63, 3.8) is 0 Å². The van der Waals surface area contributed by atoms with E-state index in [-0.39, 0.29) is 0 Å². The van der Waals surface area contributed by atoms with Crippen molar-refractivity contribution in [3.8, 4) is 5.75 Å². The Labute approximate surface area is 112 Å². The smallest absolute Gasteiger partial charge is 0.133 e. The number of para-hydroxylation sites is 1. The minimum Gasteiger partial charge on any atom is -0.488 e. The highest BCUT2D eigenvalue weighted by Crippen LogP contribution is 2.28. The summed E-state index contributed by atoms with van der Waals surface area (Å²) in [5.74, 6) is 1.77. The molecule has 0 amide bonds. The summed E-state index contributed by atoms with van der Waals surface area (Å²) in [4.78, 5) is 5.40. The summed E-state index contributed by atoms with van der Waals surface area (Å²) in [5, 5.41) is 3.06. The molecule has 0 bridgehead atoms. The number of benzene rings is 1. The summed E-state index contributed by atoms with van der Waals surface area (Å²) in [7, 11) is 1.86. The minimum atomic E-state index is 0.515. The molecule has 2 aromatic rings. The van der Waals surface area contributed by atoms with Crippen molar-refractivity contribution in [3.05, 3.63) is 48.2 Å². The lowest BCUT2D eigenvalue weighted by molar-refractivity contribution is 0.299. The van der Waals surface area contributed by atoms with Gasteiger partial charge in [0.1, 0.15) is 18.2 Å². The molecule has 4 heteroatoms. The Morgan fingerprint density at radius 3 is 2.83 bits per heavy atom. The molecule has 1 N–H and O–H groups in total. The predicted octanol–water partition coefficient (Wildman–Crippen LogP) is 3.42. The number of hydrogen-bond acceptors (Lipinski definition) is 4. The molecule has 0 atom stereocenters. The van der Waals surface area contributed by atoms with Gasteiger partial charge >= 0.3 is 0 Å². The molecule has 2 rings (SSSR count). The Bertz CT molecular complexity index is 469. The van der Waals surface area contributed by atoms with Gasteiger partial charge in [0.15, 0.2) is 0 Å². The van der Waals surface area contributed by atoms with Crippen LogP contribution in [0.3, 0.4) is 0 Å². The van der Waals surface area contributed by atoms with Crippen LogP contribution in [0.15, 0.2) is 47.5 Å². The van der Waals surface area contributed by atoms with Gasteiger partial charge in [-0.2, -0.15) is 0 Å². The van der Waals surface area contributed by atoms with E-state index in [4.69, 9.17) is 4.74 Å². The Hall–Kier alpha value is -1.68. The standard InChI is InChI=1S/C14H16N2OS/c1-15-14-11(6-5-9-16-14)10-17-12-7-3-4-8-13(12)18-2/h3-9H,10H2,1-2H3,(H,15,16). The van der Waals surface area contributed by atoms with Crippen molar-refractivity contribution >= 4 is 17.6 Å². The van der Waals surface area contributed by atoms with Crippen LogP contribution in [0.1, 0.15) is 5.56 Å². The van der Waals surface area contributed by atoms with Crippen molar-refractivity contribution in [2.45, 2.75) is 11.5 Å². The van der Waals surface area contributed by atoms with Gasteiger partial charge in [0.2, 0.25) is 0 Å². The van der Waals surface area contributed by atoms with Crippen molar-refractivity contribution in [2.75, 3.05) is 18.6 Å². The maximum absolute atomic E-state index is 5.86. The third-order valence-electron chi connectivity index (χ3n) is 2.58. The molecule has 3 nitrogen and oxygen atoms in total. The first kappa shape index (κ1) is 12.8. The number of thioether (sulfide) groups is 1. The lowest BCUT2D eigenvalue weighted by Gasteiger charge is -2.11. The zero-order valence-electron chi connectivity index (χ0n) is 10.5. The van der Waals surface area contributed by atoms with E-state index >= 15 is 0 Å². The van der Waals surface area contributed by atoms with Gasteiger partial charge in [0.25, 0.3) is 0 Å². The summed E-state index contributed by atoms with van der Waals surface area (Å²) in [6.07, 6.45) is 3.82. The molecule has 0 radical (unpaired) electrons. The molecular formula is C14H16N2OS. The normalized spacial score (nSPS) is 10.1. The van der Waals surface area contributed by atoms with Crippen molar-refractivity contribution in [2.24, 2.45) is 0 Å². The van der Waals surface area contributed by atoms with Crippen LogP contribution in [0.25, 0.3) is 0 Å². The van der Waals surface area contributed by atoms with Gasteiger partial charge in [0.05, 0.1) is 0 Å². The molecule has 0 aliphatic rings. The van der Waals surface area contributed by atoms with E-state index < -0.39 is 0 Å². The zero-order chi connectivity index (χ0) is 12.8. The first-order chi connectivity index (χ1) is 8.85. The summed E-state index contributed by atoms with van der Waals surface area (Å²) in [5.41, 5.74) is 1.05. The number of pyridine rings is 1. The van der Waals surface area contributed by atoms with Crippen LogP contribution < -0.4 is 10.1 Å². The fourth-order valence-electron chi connectivity index (χ4n) is 1.67. The third-order valence-corrected chi connectivity index (χ3v) is 3.36. The van der Waals surface area contributed by atoms with Gasteiger partial charge in [-0.15, -0.1) is 11.8 Å². The van der Waals surface area contributed by atoms with Crippen molar-refractivity contribution in [1.29, 1.82) is 0 Å². The molecule has 94 valence electrons. The summed E-state index contributed by atoms with van der Waals surface area (Å²) in [6, 6.07) is 12.0. The highest BCUT2D eigenvalue weighted by Gasteiger charge is 2.05. The van der Waals surface area contributed by atoms with Crippen LogP contribution in [0, 0.1) is 0 Å². The lowest BCUT2D eigenvalue weighted by atomic mass is 10.2. The Kier molecular flexibility index (Phi) is 4.47. The average molecular weight is 260 g/mol. The van der Waals surface area contributed by atoms with E-state index in [2.05, 4.69) is 16.4 Å². The predicted molar refractivity (Wildman–Crippen MR) is 76.3 cm³/mol. The monoisotopic (exact) mass is 260 g/mol. The molecular weight excluding hydrogens is 244 g/mol.